The summed E-state index contributed by atoms with van der Waals surface area (Å²) in [6.45, 7) is 0.0835. The third-order valence-electron chi connectivity index (χ3n) is 4.25. The predicted molar refractivity (Wildman–Crippen MR) is 95.9 cm³/mol. The lowest BCUT2D eigenvalue weighted by atomic mass is 10.0. The summed E-state index contributed by atoms with van der Waals surface area (Å²) in [5, 5.41) is 11.9. The van der Waals surface area contributed by atoms with Crippen LogP contribution in [0.2, 0.25) is 5.02 Å². The molecule has 0 aromatic heterocycles. The summed E-state index contributed by atoms with van der Waals surface area (Å²) in [7, 11) is 1.71. The summed E-state index contributed by atoms with van der Waals surface area (Å²) >= 11 is 6.01. The van der Waals surface area contributed by atoms with Crippen molar-refractivity contribution in [2.45, 2.75) is 6.04 Å². The Hall–Kier alpha value is -3.04. The molecule has 0 saturated heterocycles. The van der Waals surface area contributed by atoms with E-state index < -0.39 is 0 Å². The van der Waals surface area contributed by atoms with Gasteiger partial charge in [0.05, 0.1) is 22.7 Å². The number of rotatable bonds is 5. The monoisotopic (exact) mass is 369 g/mol. The number of nitrogens with zero attached hydrogens (tertiary/aromatic N) is 2. The first-order chi connectivity index (χ1) is 12.5. The van der Waals surface area contributed by atoms with Crippen LogP contribution in [0.3, 0.4) is 0 Å². The van der Waals surface area contributed by atoms with Crippen LogP contribution in [-0.4, -0.2) is 36.9 Å². The van der Waals surface area contributed by atoms with Gasteiger partial charge in [0.15, 0.2) is 6.61 Å². The van der Waals surface area contributed by atoms with E-state index in [0.29, 0.717) is 23.4 Å². The zero-order chi connectivity index (χ0) is 18.7. The van der Waals surface area contributed by atoms with Crippen LogP contribution in [0.1, 0.15) is 27.5 Å². The molecule has 1 aliphatic heterocycles. The quantitative estimate of drug-likeness (QED) is 0.878. The van der Waals surface area contributed by atoms with Crippen LogP contribution >= 0.6 is 11.6 Å². The number of nitrogens with one attached hydrogen (secondary N) is 1. The van der Waals surface area contributed by atoms with Gasteiger partial charge in [0, 0.05) is 19.2 Å². The molecule has 1 N–H and O–H groups in total. The summed E-state index contributed by atoms with van der Waals surface area (Å²) < 4.78 is 5.40. The zero-order valence-electron chi connectivity index (χ0n) is 14.0. The number of halogens is 1. The van der Waals surface area contributed by atoms with E-state index in [2.05, 4.69) is 5.32 Å². The second-order valence-corrected chi connectivity index (χ2v) is 6.28. The van der Waals surface area contributed by atoms with Crippen LogP contribution in [0, 0.1) is 11.3 Å². The summed E-state index contributed by atoms with van der Waals surface area (Å²) in [6.07, 6.45) is 0. The molecule has 1 atom stereocenters. The smallest absolute Gasteiger partial charge is 0.258 e. The lowest BCUT2D eigenvalue weighted by Gasteiger charge is -2.21. The van der Waals surface area contributed by atoms with Crippen LogP contribution in [0.15, 0.2) is 42.5 Å². The Labute approximate surface area is 155 Å². The van der Waals surface area contributed by atoms with Crippen molar-refractivity contribution < 1.29 is 14.3 Å². The highest BCUT2D eigenvalue weighted by Crippen LogP contribution is 2.31. The number of ether oxygens (including phenoxy) is 1. The van der Waals surface area contributed by atoms with Gasteiger partial charge in [0.1, 0.15) is 5.75 Å². The van der Waals surface area contributed by atoms with Crippen molar-refractivity contribution in [2.75, 3.05) is 20.2 Å². The molecule has 1 heterocycles. The van der Waals surface area contributed by atoms with Crippen molar-refractivity contribution in [1.29, 1.82) is 5.26 Å². The van der Waals surface area contributed by atoms with Crippen molar-refractivity contribution in [3.63, 3.8) is 0 Å². The topological polar surface area (TPSA) is 82.4 Å². The first-order valence-corrected chi connectivity index (χ1v) is 8.34. The summed E-state index contributed by atoms with van der Waals surface area (Å²) in [5.74, 6) is -0.0459. The van der Waals surface area contributed by atoms with E-state index in [1.807, 2.05) is 24.3 Å². The maximum atomic E-state index is 12.2. The molecule has 0 radical (unpaired) electrons. The van der Waals surface area contributed by atoms with Gasteiger partial charge in [-0.1, -0.05) is 29.8 Å². The molecule has 3 rings (SSSR count). The second-order valence-electron chi connectivity index (χ2n) is 5.87. The van der Waals surface area contributed by atoms with E-state index in [-0.39, 0.29) is 29.5 Å². The fourth-order valence-electron chi connectivity index (χ4n) is 2.86. The molecule has 0 saturated carbocycles. The normalized spacial score (nSPS) is 15.3. The standard InChI is InChI=1S/C19H16ClN3O3/c1-23-16(13-4-2-3-5-14(13)19(23)25)10-22-18(24)11-26-17-7-6-12(9-21)8-15(17)20/h2-8,16H,10-11H2,1H3,(H,22,24). The fourth-order valence-corrected chi connectivity index (χ4v) is 3.10. The van der Waals surface area contributed by atoms with E-state index in [1.165, 1.54) is 6.07 Å². The molecule has 2 amide bonds. The van der Waals surface area contributed by atoms with Gasteiger partial charge in [-0.3, -0.25) is 9.59 Å². The molecule has 2 aromatic carbocycles. The van der Waals surface area contributed by atoms with Crippen LogP contribution < -0.4 is 10.1 Å². The largest absolute Gasteiger partial charge is 0.482 e. The van der Waals surface area contributed by atoms with Gasteiger partial charge in [-0.2, -0.15) is 5.26 Å². The Morgan fingerprint density at radius 2 is 2.12 bits per heavy atom. The molecular weight excluding hydrogens is 354 g/mol. The van der Waals surface area contributed by atoms with Gasteiger partial charge < -0.3 is 15.0 Å². The number of carbonyl (C=O) groups excluding carboxylic acids is 2. The van der Waals surface area contributed by atoms with Crippen LogP contribution in [0.4, 0.5) is 0 Å². The Morgan fingerprint density at radius 1 is 1.35 bits per heavy atom. The van der Waals surface area contributed by atoms with Gasteiger partial charge in [-0.25, -0.2) is 0 Å². The van der Waals surface area contributed by atoms with Gasteiger partial charge >= 0.3 is 0 Å². The number of hydrogen-bond acceptors (Lipinski definition) is 4. The SMILES string of the molecule is CN1C(=O)c2ccccc2C1CNC(=O)COc1ccc(C#N)cc1Cl. The van der Waals surface area contributed by atoms with Gasteiger partial charge in [0.2, 0.25) is 0 Å². The molecular formula is C19H16ClN3O3. The number of fused-ring (bicyclic) bond motifs is 1. The van der Waals surface area contributed by atoms with Crippen molar-refractivity contribution >= 4 is 23.4 Å². The molecule has 0 aliphatic carbocycles. The molecule has 6 nitrogen and oxygen atoms in total. The molecule has 0 spiro atoms. The predicted octanol–water partition coefficient (Wildman–Crippen LogP) is 2.53. The van der Waals surface area contributed by atoms with Crippen molar-refractivity contribution in [1.82, 2.24) is 10.2 Å². The minimum absolute atomic E-state index is 0.0551. The van der Waals surface area contributed by atoms with E-state index in [9.17, 15) is 9.59 Å². The van der Waals surface area contributed by atoms with E-state index >= 15 is 0 Å². The number of hydrogen-bond donors (Lipinski definition) is 1. The maximum absolute atomic E-state index is 12.2. The average Bonchev–Trinajstić information content (AvgIpc) is 2.90. The molecule has 1 aliphatic rings. The molecule has 1 unspecified atom stereocenters. The highest BCUT2D eigenvalue weighted by molar-refractivity contribution is 6.32. The van der Waals surface area contributed by atoms with Crippen molar-refractivity contribution in [2.24, 2.45) is 0 Å². The van der Waals surface area contributed by atoms with E-state index in [4.69, 9.17) is 21.6 Å². The highest BCUT2D eigenvalue weighted by Gasteiger charge is 2.33. The summed E-state index contributed by atoms with van der Waals surface area (Å²) in [6, 6.07) is 13.7. The van der Waals surface area contributed by atoms with Crippen LogP contribution in [-0.2, 0) is 4.79 Å². The molecule has 0 fully saturated rings. The number of carbonyl (C=O) groups is 2. The zero-order valence-corrected chi connectivity index (χ0v) is 14.8. The van der Waals surface area contributed by atoms with Gasteiger partial charge in [-0.15, -0.1) is 0 Å². The molecule has 132 valence electrons. The lowest BCUT2D eigenvalue weighted by Crippen LogP contribution is -2.36. The molecule has 26 heavy (non-hydrogen) atoms. The first kappa shape index (κ1) is 17.8. The Morgan fingerprint density at radius 3 is 2.85 bits per heavy atom. The highest BCUT2D eigenvalue weighted by atomic mass is 35.5. The summed E-state index contributed by atoms with van der Waals surface area (Å²) in [5.41, 5.74) is 1.98. The fraction of sp³-hybridized carbons (Fsp3) is 0.211. The first-order valence-electron chi connectivity index (χ1n) is 7.96. The van der Waals surface area contributed by atoms with Gasteiger partial charge in [0.25, 0.3) is 11.8 Å². The minimum atomic E-state index is -0.323. The Balaban J connectivity index is 1.57. The molecule has 0 bridgehead atoms. The number of nitriles is 1. The number of likely N-dealkylation sites (N-methyl/N-ethyl adjacent to an activating group) is 1. The summed E-state index contributed by atoms with van der Waals surface area (Å²) in [4.78, 5) is 25.9. The van der Waals surface area contributed by atoms with Crippen molar-refractivity contribution in [3.05, 3.63) is 64.2 Å². The van der Waals surface area contributed by atoms with E-state index in [0.717, 1.165) is 5.56 Å². The van der Waals surface area contributed by atoms with Crippen molar-refractivity contribution in [3.8, 4) is 11.8 Å². The maximum Gasteiger partial charge on any atom is 0.258 e. The molecule has 7 heteroatoms. The third kappa shape index (κ3) is 3.48. The number of benzene rings is 2. The number of amides is 2. The molecule has 2 aromatic rings. The lowest BCUT2D eigenvalue weighted by molar-refractivity contribution is -0.123. The Bertz CT molecular complexity index is 907. The van der Waals surface area contributed by atoms with E-state index in [1.54, 1.807) is 30.1 Å². The minimum Gasteiger partial charge on any atom is -0.482 e. The van der Waals surface area contributed by atoms with Crippen LogP contribution in [0.5, 0.6) is 5.75 Å². The second kappa shape index (κ2) is 7.46. The Kier molecular flexibility index (Phi) is 5.10. The van der Waals surface area contributed by atoms with Crippen LogP contribution in [0.25, 0.3) is 0 Å². The van der Waals surface area contributed by atoms with Gasteiger partial charge in [-0.05, 0) is 29.8 Å². The third-order valence-corrected chi connectivity index (χ3v) is 4.55. The average molecular weight is 370 g/mol.